The molecule has 13 heavy (non-hydrogen) atoms. The summed E-state index contributed by atoms with van der Waals surface area (Å²) in [6.45, 7) is 8.84. The van der Waals surface area contributed by atoms with Crippen molar-refractivity contribution in [2.24, 2.45) is 0 Å². The second-order valence-corrected chi connectivity index (χ2v) is 4.24. The van der Waals surface area contributed by atoms with Crippen LogP contribution in [0.5, 0.6) is 0 Å². The summed E-state index contributed by atoms with van der Waals surface area (Å²) < 4.78 is 0. The van der Waals surface area contributed by atoms with Crippen molar-refractivity contribution in [1.82, 2.24) is 5.32 Å². The molecule has 0 radical (unpaired) electrons. The number of nitrogens with one attached hydrogen (secondary N) is 1. The zero-order chi connectivity index (χ0) is 9.42. The van der Waals surface area contributed by atoms with Gasteiger partial charge < -0.3 is 5.32 Å². The summed E-state index contributed by atoms with van der Waals surface area (Å²) in [6.07, 6.45) is 0. The van der Waals surface area contributed by atoms with Gasteiger partial charge in [-0.05, 0) is 35.1 Å². The fourth-order valence-corrected chi connectivity index (χ4v) is 2.11. The Kier molecular flexibility index (Phi) is 2.12. The number of fused-ring (bicyclic) bond motifs is 1. The summed E-state index contributed by atoms with van der Waals surface area (Å²) in [5.74, 6) is 0.644. The Morgan fingerprint density at radius 3 is 2.38 bits per heavy atom. The van der Waals surface area contributed by atoms with Gasteiger partial charge in [-0.25, -0.2) is 0 Å². The van der Waals surface area contributed by atoms with E-state index in [0.717, 1.165) is 13.1 Å². The number of hydrogen-bond donors (Lipinski definition) is 1. The molecule has 1 heteroatoms. The summed E-state index contributed by atoms with van der Waals surface area (Å²) in [4.78, 5) is 0. The molecule has 0 aromatic heterocycles. The Balaban J connectivity index is 2.49. The molecule has 0 spiro atoms. The van der Waals surface area contributed by atoms with Crippen LogP contribution in [0.3, 0.4) is 0 Å². The number of benzene rings is 1. The minimum Gasteiger partial charge on any atom is -0.309 e. The lowest BCUT2D eigenvalue weighted by Gasteiger charge is -2.11. The average molecular weight is 175 g/mol. The van der Waals surface area contributed by atoms with Gasteiger partial charge >= 0.3 is 0 Å². The van der Waals surface area contributed by atoms with Crippen LogP contribution < -0.4 is 5.32 Å². The average Bonchev–Trinajstić information content (AvgIpc) is 2.48. The van der Waals surface area contributed by atoms with E-state index in [0.29, 0.717) is 5.92 Å². The summed E-state index contributed by atoms with van der Waals surface area (Å²) in [6, 6.07) is 4.71. The van der Waals surface area contributed by atoms with Crippen LogP contribution in [0, 0.1) is 6.92 Å². The topological polar surface area (TPSA) is 12.0 Å². The van der Waals surface area contributed by atoms with E-state index in [1.807, 2.05) is 0 Å². The van der Waals surface area contributed by atoms with Gasteiger partial charge in [0.1, 0.15) is 0 Å². The third-order valence-corrected chi connectivity index (χ3v) is 2.84. The second-order valence-electron chi connectivity index (χ2n) is 4.24. The molecular weight excluding hydrogens is 158 g/mol. The van der Waals surface area contributed by atoms with Crippen molar-refractivity contribution in [1.29, 1.82) is 0 Å². The molecule has 1 nitrogen and oxygen atoms in total. The maximum Gasteiger partial charge on any atom is 0.0212 e. The highest BCUT2D eigenvalue weighted by molar-refractivity contribution is 5.41. The highest BCUT2D eigenvalue weighted by Crippen LogP contribution is 2.25. The smallest absolute Gasteiger partial charge is 0.0212 e. The zero-order valence-corrected chi connectivity index (χ0v) is 8.65. The lowest BCUT2D eigenvalue weighted by atomic mass is 9.94. The molecule has 0 saturated heterocycles. The van der Waals surface area contributed by atoms with Crippen molar-refractivity contribution in [3.8, 4) is 0 Å². The zero-order valence-electron chi connectivity index (χ0n) is 8.65. The lowest BCUT2D eigenvalue weighted by Crippen LogP contribution is -1.99. The highest BCUT2D eigenvalue weighted by atomic mass is 14.9. The minimum absolute atomic E-state index is 0.644. The van der Waals surface area contributed by atoms with Gasteiger partial charge in [-0.1, -0.05) is 26.0 Å². The molecule has 1 aromatic carbocycles. The van der Waals surface area contributed by atoms with Crippen molar-refractivity contribution in [3.63, 3.8) is 0 Å². The van der Waals surface area contributed by atoms with E-state index in [1.54, 1.807) is 0 Å². The van der Waals surface area contributed by atoms with E-state index in [2.05, 4.69) is 38.2 Å². The highest BCUT2D eigenvalue weighted by Gasteiger charge is 2.13. The Bertz CT molecular complexity index is 326. The summed E-state index contributed by atoms with van der Waals surface area (Å²) in [5.41, 5.74) is 5.93. The third kappa shape index (κ3) is 1.49. The Morgan fingerprint density at radius 2 is 1.77 bits per heavy atom. The van der Waals surface area contributed by atoms with Crippen LogP contribution in [0.2, 0.25) is 0 Å². The molecule has 1 heterocycles. The molecular formula is C12H17N. The third-order valence-electron chi connectivity index (χ3n) is 2.84. The fourth-order valence-electron chi connectivity index (χ4n) is 2.11. The summed E-state index contributed by atoms with van der Waals surface area (Å²) in [5, 5.41) is 3.38. The maximum absolute atomic E-state index is 3.38. The van der Waals surface area contributed by atoms with Gasteiger partial charge in [0.25, 0.3) is 0 Å². The summed E-state index contributed by atoms with van der Waals surface area (Å²) in [7, 11) is 0. The summed E-state index contributed by atoms with van der Waals surface area (Å²) >= 11 is 0. The van der Waals surface area contributed by atoms with E-state index in [4.69, 9.17) is 0 Å². The van der Waals surface area contributed by atoms with Gasteiger partial charge in [0.2, 0.25) is 0 Å². The van der Waals surface area contributed by atoms with Gasteiger partial charge in [0.15, 0.2) is 0 Å². The molecule has 0 amide bonds. The van der Waals surface area contributed by atoms with Crippen LogP contribution in [0.4, 0.5) is 0 Å². The van der Waals surface area contributed by atoms with E-state index in [-0.39, 0.29) is 0 Å². The monoisotopic (exact) mass is 175 g/mol. The van der Waals surface area contributed by atoms with Gasteiger partial charge in [-0.15, -0.1) is 0 Å². The molecule has 1 aromatic rings. The molecule has 0 saturated carbocycles. The lowest BCUT2D eigenvalue weighted by molar-refractivity contribution is 0.764. The molecule has 2 rings (SSSR count). The van der Waals surface area contributed by atoms with Crippen LogP contribution in [0.15, 0.2) is 12.1 Å². The van der Waals surface area contributed by atoms with E-state index in [1.165, 1.54) is 22.3 Å². The van der Waals surface area contributed by atoms with Gasteiger partial charge in [0.05, 0.1) is 0 Å². The normalized spacial score (nSPS) is 15.1. The van der Waals surface area contributed by atoms with Crippen LogP contribution >= 0.6 is 0 Å². The van der Waals surface area contributed by atoms with Crippen LogP contribution in [-0.2, 0) is 13.1 Å². The van der Waals surface area contributed by atoms with Crippen molar-refractivity contribution in [3.05, 3.63) is 34.4 Å². The quantitative estimate of drug-likeness (QED) is 0.692. The standard InChI is InChI=1S/C12H17N/c1-8(2)12-5-11-7-13-6-10(11)4-9(12)3/h4-5,8,13H,6-7H2,1-3H3. The maximum atomic E-state index is 3.38. The van der Waals surface area contributed by atoms with Gasteiger partial charge in [-0.3, -0.25) is 0 Å². The van der Waals surface area contributed by atoms with E-state index >= 15 is 0 Å². The SMILES string of the molecule is Cc1cc2c(cc1C(C)C)CNC2. The van der Waals surface area contributed by atoms with E-state index < -0.39 is 0 Å². The molecule has 1 aliphatic rings. The molecule has 1 N–H and O–H groups in total. The van der Waals surface area contributed by atoms with Crippen LogP contribution in [0.1, 0.15) is 42.0 Å². The molecule has 1 aliphatic heterocycles. The predicted octanol–water partition coefficient (Wildman–Crippen LogP) is 2.72. The van der Waals surface area contributed by atoms with Gasteiger partial charge in [0, 0.05) is 13.1 Å². The van der Waals surface area contributed by atoms with Crippen molar-refractivity contribution in [2.45, 2.75) is 39.8 Å². The van der Waals surface area contributed by atoms with Crippen LogP contribution in [0.25, 0.3) is 0 Å². The van der Waals surface area contributed by atoms with Crippen LogP contribution in [-0.4, -0.2) is 0 Å². The first-order valence-electron chi connectivity index (χ1n) is 5.01. The number of aryl methyl sites for hydroxylation is 1. The molecule has 0 unspecified atom stereocenters. The Labute approximate surface area is 80.2 Å². The first kappa shape index (κ1) is 8.76. The van der Waals surface area contributed by atoms with Gasteiger partial charge in [-0.2, -0.15) is 0 Å². The fraction of sp³-hybridized carbons (Fsp3) is 0.500. The second kappa shape index (κ2) is 3.15. The molecule has 0 fully saturated rings. The van der Waals surface area contributed by atoms with Crippen molar-refractivity contribution in [2.75, 3.05) is 0 Å². The predicted molar refractivity (Wildman–Crippen MR) is 55.8 cm³/mol. The first-order valence-corrected chi connectivity index (χ1v) is 5.01. The number of rotatable bonds is 1. The van der Waals surface area contributed by atoms with Crippen molar-refractivity contribution >= 4 is 0 Å². The first-order chi connectivity index (χ1) is 6.18. The Hall–Kier alpha value is -0.820. The number of hydrogen-bond acceptors (Lipinski definition) is 1. The molecule has 0 aliphatic carbocycles. The largest absolute Gasteiger partial charge is 0.309 e. The molecule has 0 bridgehead atoms. The van der Waals surface area contributed by atoms with E-state index in [9.17, 15) is 0 Å². The Morgan fingerprint density at radius 1 is 1.15 bits per heavy atom. The minimum atomic E-state index is 0.644. The molecule has 70 valence electrons. The molecule has 0 atom stereocenters. The van der Waals surface area contributed by atoms with Crippen molar-refractivity contribution < 1.29 is 0 Å².